The molecule has 2 rings (SSSR count). The molecule has 0 unspecified atom stereocenters. The average molecular weight is 300 g/mol. The number of rotatable bonds is 5. The fourth-order valence-electron chi connectivity index (χ4n) is 1.69. The maximum absolute atomic E-state index is 12.0. The highest BCUT2D eigenvalue weighted by Crippen LogP contribution is 2.13. The van der Waals surface area contributed by atoms with Crippen molar-refractivity contribution in [3.63, 3.8) is 0 Å². The molecule has 0 spiro atoms. The van der Waals surface area contributed by atoms with Crippen molar-refractivity contribution in [3.8, 4) is 0 Å². The molecule has 0 aliphatic rings. The summed E-state index contributed by atoms with van der Waals surface area (Å²) >= 11 is 1.69. The summed E-state index contributed by atoms with van der Waals surface area (Å²) < 4.78 is 1.95. The summed E-state index contributed by atoms with van der Waals surface area (Å²) in [5, 5.41) is 4.91. The van der Waals surface area contributed by atoms with E-state index in [1.54, 1.807) is 11.3 Å². The first-order valence-electron chi connectivity index (χ1n) is 5.89. The van der Waals surface area contributed by atoms with Gasteiger partial charge < -0.3 is 15.6 Å². The van der Waals surface area contributed by atoms with Crippen LogP contribution in [0.25, 0.3) is 0 Å². The monoisotopic (exact) mass is 299 g/mol. The summed E-state index contributed by atoms with van der Waals surface area (Å²) in [6.45, 7) is 3.06. The van der Waals surface area contributed by atoms with E-state index < -0.39 is 0 Å². The number of hydrogen-bond donors (Lipinski definition) is 2. The van der Waals surface area contributed by atoms with Gasteiger partial charge in [0.2, 0.25) is 0 Å². The third kappa shape index (κ3) is 4.09. The van der Waals surface area contributed by atoms with E-state index in [9.17, 15) is 4.79 Å². The van der Waals surface area contributed by atoms with E-state index in [1.807, 2.05) is 41.3 Å². The third-order valence-electron chi connectivity index (χ3n) is 2.70. The summed E-state index contributed by atoms with van der Waals surface area (Å²) in [7, 11) is 0. The Morgan fingerprint density at radius 2 is 2.26 bits per heavy atom. The van der Waals surface area contributed by atoms with Crippen LogP contribution in [0.5, 0.6) is 0 Å². The maximum Gasteiger partial charge on any atom is 0.268 e. The van der Waals surface area contributed by atoms with Crippen LogP contribution < -0.4 is 11.1 Å². The number of nitrogens with zero attached hydrogens (tertiary/aromatic N) is 1. The van der Waals surface area contributed by atoms with Gasteiger partial charge in [-0.15, -0.1) is 23.7 Å². The van der Waals surface area contributed by atoms with Crippen LogP contribution in [0.15, 0.2) is 35.8 Å². The molecule has 4 nitrogen and oxygen atoms in total. The van der Waals surface area contributed by atoms with Crippen molar-refractivity contribution in [1.29, 1.82) is 0 Å². The Morgan fingerprint density at radius 3 is 2.89 bits per heavy atom. The zero-order valence-electron chi connectivity index (χ0n) is 10.7. The van der Waals surface area contributed by atoms with Gasteiger partial charge in [-0.1, -0.05) is 6.07 Å². The molecule has 1 amide bonds. The summed E-state index contributed by atoms with van der Waals surface area (Å²) in [6, 6.07) is 7.78. The lowest BCUT2D eigenvalue weighted by molar-refractivity contribution is 0.0932. The van der Waals surface area contributed by atoms with Gasteiger partial charge in [0.1, 0.15) is 5.69 Å². The molecular formula is C13H18ClN3OS. The van der Waals surface area contributed by atoms with Gasteiger partial charge >= 0.3 is 0 Å². The lowest BCUT2D eigenvalue weighted by atomic mass is 10.3. The second-order valence-corrected chi connectivity index (χ2v) is 5.24. The molecule has 104 valence electrons. The lowest BCUT2D eigenvalue weighted by Gasteiger charge is -2.13. The second-order valence-electron chi connectivity index (χ2n) is 4.21. The normalized spacial score (nSPS) is 11.7. The van der Waals surface area contributed by atoms with Crippen LogP contribution in [0.1, 0.15) is 22.3 Å². The number of aromatic nitrogens is 1. The van der Waals surface area contributed by atoms with E-state index in [4.69, 9.17) is 5.73 Å². The number of hydrogen-bond acceptors (Lipinski definition) is 3. The minimum absolute atomic E-state index is 0. The van der Waals surface area contributed by atoms with Gasteiger partial charge in [-0.2, -0.15) is 0 Å². The second kappa shape index (κ2) is 7.33. The minimum atomic E-state index is -0.0745. The molecule has 6 heteroatoms. The number of nitrogens with one attached hydrogen (secondary N) is 1. The van der Waals surface area contributed by atoms with Gasteiger partial charge in [-0.3, -0.25) is 4.79 Å². The Balaban J connectivity index is 0.00000180. The molecule has 2 aromatic heterocycles. The molecule has 0 radical (unpaired) electrons. The quantitative estimate of drug-likeness (QED) is 0.888. The van der Waals surface area contributed by atoms with Crippen LogP contribution in [0.4, 0.5) is 0 Å². The average Bonchev–Trinajstić information content (AvgIpc) is 3.00. The van der Waals surface area contributed by atoms with Crippen molar-refractivity contribution in [2.75, 3.05) is 6.54 Å². The Bertz CT molecular complexity index is 510. The van der Waals surface area contributed by atoms with E-state index in [1.165, 1.54) is 4.88 Å². The van der Waals surface area contributed by atoms with E-state index in [0.717, 1.165) is 6.54 Å². The highest BCUT2D eigenvalue weighted by molar-refractivity contribution is 7.09. The van der Waals surface area contributed by atoms with Crippen LogP contribution in [0.2, 0.25) is 0 Å². The first kappa shape index (κ1) is 15.8. The fourth-order valence-corrected chi connectivity index (χ4v) is 2.39. The molecule has 0 saturated carbocycles. The van der Waals surface area contributed by atoms with Gasteiger partial charge in [-0.05, 0) is 30.5 Å². The smallest absolute Gasteiger partial charge is 0.268 e. The van der Waals surface area contributed by atoms with Crippen LogP contribution in [-0.2, 0) is 6.54 Å². The van der Waals surface area contributed by atoms with Crippen molar-refractivity contribution in [2.45, 2.75) is 19.5 Å². The van der Waals surface area contributed by atoms with E-state index >= 15 is 0 Å². The molecule has 0 bridgehead atoms. The van der Waals surface area contributed by atoms with Gasteiger partial charge in [-0.25, -0.2) is 0 Å². The number of amides is 1. The maximum atomic E-state index is 12.0. The first-order chi connectivity index (χ1) is 8.70. The van der Waals surface area contributed by atoms with Crippen molar-refractivity contribution in [1.82, 2.24) is 9.88 Å². The van der Waals surface area contributed by atoms with E-state index in [2.05, 4.69) is 11.4 Å². The van der Waals surface area contributed by atoms with Crippen LogP contribution in [-0.4, -0.2) is 23.1 Å². The molecule has 0 aliphatic heterocycles. The molecule has 2 aromatic rings. The molecule has 2 heterocycles. The summed E-state index contributed by atoms with van der Waals surface area (Å²) in [6.07, 6.45) is 1.92. The first-order valence-corrected chi connectivity index (χ1v) is 6.77. The lowest BCUT2D eigenvalue weighted by Crippen LogP contribution is -2.38. The molecule has 0 aromatic carbocycles. The highest BCUT2D eigenvalue weighted by Gasteiger charge is 2.12. The van der Waals surface area contributed by atoms with Gasteiger partial charge in [0.05, 0.1) is 6.54 Å². The Kier molecular flexibility index (Phi) is 6.08. The zero-order chi connectivity index (χ0) is 13.0. The van der Waals surface area contributed by atoms with Crippen LogP contribution >= 0.6 is 23.7 Å². The number of nitrogens with two attached hydrogens (primary N) is 1. The fraction of sp³-hybridized carbons (Fsp3) is 0.308. The van der Waals surface area contributed by atoms with E-state index in [-0.39, 0.29) is 24.4 Å². The van der Waals surface area contributed by atoms with Crippen LogP contribution in [0.3, 0.4) is 0 Å². The molecule has 19 heavy (non-hydrogen) atoms. The Hall–Kier alpha value is -1.30. The Morgan fingerprint density at radius 1 is 1.47 bits per heavy atom. The third-order valence-corrected chi connectivity index (χ3v) is 3.56. The van der Waals surface area contributed by atoms with Gasteiger partial charge in [0.15, 0.2) is 0 Å². The number of halogens is 1. The SMILES string of the molecule is C[C@@H](CN)NC(=O)c1cccn1Cc1cccs1.Cl. The molecule has 3 N–H and O–H groups in total. The predicted octanol–water partition coefficient (Wildman–Crippen LogP) is 2.10. The van der Waals surface area contributed by atoms with Crippen molar-refractivity contribution >= 4 is 29.7 Å². The number of carbonyl (C=O) groups is 1. The number of thiophene rings is 1. The summed E-state index contributed by atoms with van der Waals surface area (Å²) in [5.74, 6) is -0.0745. The zero-order valence-corrected chi connectivity index (χ0v) is 12.3. The molecule has 0 aliphatic carbocycles. The van der Waals surface area contributed by atoms with Crippen molar-refractivity contribution < 1.29 is 4.79 Å². The topological polar surface area (TPSA) is 60.0 Å². The predicted molar refractivity (Wildman–Crippen MR) is 81.1 cm³/mol. The van der Waals surface area contributed by atoms with Gasteiger partial charge in [0, 0.05) is 23.7 Å². The van der Waals surface area contributed by atoms with Crippen molar-refractivity contribution in [3.05, 3.63) is 46.4 Å². The van der Waals surface area contributed by atoms with Gasteiger partial charge in [0.25, 0.3) is 5.91 Å². The van der Waals surface area contributed by atoms with Crippen LogP contribution in [0, 0.1) is 0 Å². The minimum Gasteiger partial charge on any atom is -0.347 e. The Labute approximate surface area is 123 Å². The van der Waals surface area contributed by atoms with E-state index in [0.29, 0.717) is 12.2 Å². The molecule has 1 atom stereocenters. The molecular weight excluding hydrogens is 282 g/mol. The summed E-state index contributed by atoms with van der Waals surface area (Å²) in [5.41, 5.74) is 6.17. The standard InChI is InChI=1S/C13H17N3OS.ClH/c1-10(8-14)15-13(17)12-5-2-6-16(12)9-11-4-3-7-18-11;/h2-7,10H,8-9,14H2,1H3,(H,15,17);1H/t10-;/m0./s1. The highest BCUT2D eigenvalue weighted by atomic mass is 35.5. The van der Waals surface area contributed by atoms with Crippen molar-refractivity contribution in [2.24, 2.45) is 5.73 Å². The number of carbonyl (C=O) groups excluding carboxylic acids is 1. The molecule has 0 fully saturated rings. The molecule has 0 saturated heterocycles. The summed E-state index contributed by atoms with van der Waals surface area (Å²) in [4.78, 5) is 13.3. The largest absolute Gasteiger partial charge is 0.347 e.